The van der Waals surface area contributed by atoms with Gasteiger partial charge in [-0.3, -0.25) is 0 Å². The number of nitrogens with zero attached hydrogens (tertiary/aromatic N) is 3. The first kappa shape index (κ1) is 11.4. The highest BCUT2D eigenvalue weighted by Crippen LogP contribution is 2.20. The maximum absolute atomic E-state index is 10.2. The third-order valence-electron chi connectivity index (χ3n) is 2.57. The minimum atomic E-state index is -0.745. The molecule has 0 radical (unpaired) electrons. The second-order valence-electron chi connectivity index (χ2n) is 3.70. The van der Waals surface area contributed by atoms with Crippen LogP contribution in [0.4, 0.5) is 0 Å². The van der Waals surface area contributed by atoms with E-state index >= 15 is 0 Å². The van der Waals surface area contributed by atoms with Gasteiger partial charge in [-0.2, -0.15) is 5.26 Å². The van der Waals surface area contributed by atoms with E-state index in [1.165, 1.54) is 0 Å². The van der Waals surface area contributed by atoms with Crippen LogP contribution in [0.1, 0.15) is 23.9 Å². The third kappa shape index (κ3) is 2.52. The SMILES string of the molecule is N#CCCn1ccnc1[C@H](O)c1ccccc1. The number of hydrogen-bond donors (Lipinski definition) is 1. The predicted octanol–water partition coefficient (Wildman–Crippen LogP) is 1.88. The number of imidazole rings is 1. The Kier molecular flexibility index (Phi) is 3.53. The van der Waals surface area contributed by atoms with Crippen LogP contribution in [0.5, 0.6) is 0 Å². The molecule has 2 rings (SSSR count). The molecular formula is C13H13N3O. The van der Waals surface area contributed by atoms with Gasteiger partial charge in [0.25, 0.3) is 0 Å². The first-order chi connectivity index (χ1) is 8.33. The van der Waals surface area contributed by atoms with Gasteiger partial charge in [-0.25, -0.2) is 4.98 Å². The van der Waals surface area contributed by atoms with Crippen molar-refractivity contribution in [1.29, 1.82) is 5.26 Å². The van der Waals surface area contributed by atoms with Crippen LogP contribution >= 0.6 is 0 Å². The second-order valence-corrected chi connectivity index (χ2v) is 3.70. The molecule has 0 unspecified atom stereocenters. The average molecular weight is 227 g/mol. The lowest BCUT2D eigenvalue weighted by molar-refractivity contribution is 0.204. The first-order valence-electron chi connectivity index (χ1n) is 5.44. The maximum Gasteiger partial charge on any atom is 0.142 e. The number of aromatic nitrogens is 2. The second kappa shape index (κ2) is 5.28. The third-order valence-corrected chi connectivity index (χ3v) is 2.57. The number of benzene rings is 1. The molecule has 4 heteroatoms. The highest BCUT2D eigenvalue weighted by Gasteiger charge is 2.15. The van der Waals surface area contributed by atoms with Crippen molar-refractivity contribution < 1.29 is 5.11 Å². The van der Waals surface area contributed by atoms with Gasteiger partial charge in [-0.1, -0.05) is 30.3 Å². The highest BCUT2D eigenvalue weighted by atomic mass is 16.3. The lowest BCUT2D eigenvalue weighted by Crippen LogP contribution is -2.09. The molecule has 17 heavy (non-hydrogen) atoms. The maximum atomic E-state index is 10.2. The number of aryl methyl sites for hydroxylation is 1. The lowest BCUT2D eigenvalue weighted by Gasteiger charge is -2.12. The van der Waals surface area contributed by atoms with Crippen molar-refractivity contribution in [2.45, 2.75) is 19.1 Å². The van der Waals surface area contributed by atoms with Gasteiger partial charge in [0.05, 0.1) is 12.5 Å². The molecule has 1 atom stereocenters. The zero-order valence-corrected chi connectivity index (χ0v) is 9.32. The van der Waals surface area contributed by atoms with Gasteiger partial charge >= 0.3 is 0 Å². The Hall–Kier alpha value is -2.12. The molecule has 0 aliphatic heterocycles. The fourth-order valence-corrected chi connectivity index (χ4v) is 1.71. The summed E-state index contributed by atoms with van der Waals surface area (Å²) in [7, 11) is 0. The van der Waals surface area contributed by atoms with Gasteiger partial charge in [-0.05, 0) is 5.56 Å². The number of aliphatic hydroxyl groups is 1. The van der Waals surface area contributed by atoms with E-state index in [-0.39, 0.29) is 0 Å². The molecule has 0 amide bonds. The number of rotatable bonds is 4. The van der Waals surface area contributed by atoms with Gasteiger partial charge in [0.2, 0.25) is 0 Å². The van der Waals surface area contributed by atoms with Crippen molar-refractivity contribution in [3.63, 3.8) is 0 Å². The van der Waals surface area contributed by atoms with Crippen molar-refractivity contribution in [1.82, 2.24) is 9.55 Å². The Morgan fingerprint density at radius 3 is 2.82 bits per heavy atom. The van der Waals surface area contributed by atoms with Crippen LogP contribution in [0.15, 0.2) is 42.7 Å². The molecule has 86 valence electrons. The molecule has 0 aliphatic carbocycles. The first-order valence-corrected chi connectivity index (χ1v) is 5.44. The Morgan fingerprint density at radius 1 is 1.35 bits per heavy atom. The summed E-state index contributed by atoms with van der Waals surface area (Å²) in [4.78, 5) is 4.15. The molecule has 0 saturated heterocycles. The molecule has 2 aromatic rings. The standard InChI is InChI=1S/C13H13N3O/c14-7-4-9-16-10-8-15-13(16)12(17)11-5-2-1-3-6-11/h1-3,5-6,8,10,12,17H,4,9H2/t12-/m1/s1. The summed E-state index contributed by atoms with van der Waals surface area (Å²) < 4.78 is 1.81. The van der Waals surface area contributed by atoms with Crippen LogP contribution in [-0.4, -0.2) is 14.7 Å². The van der Waals surface area contributed by atoms with Crippen molar-refractivity contribution >= 4 is 0 Å². The molecule has 0 bridgehead atoms. The van der Waals surface area contributed by atoms with Gasteiger partial charge < -0.3 is 9.67 Å². The molecule has 0 spiro atoms. The molecule has 0 saturated carbocycles. The molecule has 0 fully saturated rings. The zero-order valence-electron chi connectivity index (χ0n) is 9.32. The van der Waals surface area contributed by atoms with Crippen LogP contribution < -0.4 is 0 Å². The number of nitriles is 1. The minimum Gasteiger partial charge on any atom is -0.380 e. The summed E-state index contributed by atoms with van der Waals surface area (Å²) in [6, 6.07) is 11.4. The summed E-state index contributed by atoms with van der Waals surface area (Å²) in [5, 5.41) is 18.8. The van der Waals surface area contributed by atoms with E-state index in [0.717, 1.165) is 5.56 Å². The molecule has 1 heterocycles. The fourth-order valence-electron chi connectivity index (χ4n) is 1.71. The normalized spacial score (nSPS) is 12.0. The Morgan fingerprint density at radius 2 is 2.12 bits per heavy atom. The minimum absolute atomic E-state index is 0.408. The molecule has 1 aromatic carbocycles. The van der Waals surface area contributed by atoms with Gasteiger partial charge in [0.15, 0.2) is 0 Å². The Bertz CT molecular complexity index is 513. The van der Waals surface area contributed by atoms with Gasteiger partial charge in [0.1, 0.15) is 11.9 Å². The van der Waals surface area contributed by atoms with Crippen LogP contribution in [0.2, 0.25) is 0 Å². The van der Waals surface area contributed by atoms with Gasteiger partial charge in [-0.15, -0.1) is 0 Å². The molecule has 1 aromatic heterocycles. The van der Waals surface area contributed by atoms with E-state index in [0.29, 0.717) is 18.8 Å². The number of aliphatic hydroxyl groups excluding tert-OH is 1. The summed E-state index contributed by atoms with van der Waals surface area (Å²) in [6.45, 7) is 0.551. The topological polar surface area (TPSA) is 61.8 Å². The molecular weight excluding hydrogens is 214 g/mol. The van der Waals surface area contributed by atoms with Crippen molar-refractivity contribution in [3.05, 3.63) is 54.1 Å². The fraction of sp³-hybridized carbons (Fsp3) is 0.231. The van der Waals surface area contributed by atoms with Crippen LogP contribution in [0.3, 0.4) is 0 Å². The summed E-state index contributed by atoms with van der Waals surface area (Å²) in [5.41, 5.74) is 0.803. The van der Waals surface area contributed by atoms with Gasteiger partial charge in [0, 0.05) is 18.9 Å². The van der Waals surface area contributed by atoms with Crippen LogP contribution in [0.25, 0.3) is 0 Å². The van der Waals surface area contributed by atoms with E-state index in [9.17, 15) is 5.11 Å². The highest BCUT2D eigenvalue weighted by molar-refractivity contribution is 5.22. The van der Waals surface area contributed by atoms with E-state index in [2.05, 4.69) is 11.1 Å². The number of hydrogen-bond acceptors (Lipinski definition) is 3. The Balaban J connectivity index is 2.23. The monoisotopic (exact) mass is 227 g/mol. The quantitative estimate of drug-likeness (QED) is 0.867. The lowest BCUT2D eigenvalue weighted by atomic mass is 10.1. The van der Waals surface area contributed by atoms with Crippen molar-refractivity contribution in [2.75, 3.05) is 0 Å². The van der Waals surface area contributed by atoms with E-state index < -0.39 is 6.10 Å². The van der Waals surface area contributed by atoms with Crippen LogP contribution in [0, 0.1) is 11.3 Å². The smallest absolute Gasteiger partial charge is 0.142 e. The van der Waals surface area contributed by atoms with E-state index in [4.69, 9.17) is 5.26 Å². The Labute approximate surface area is 99.8 Å². The largest absolute Gasteiger partial charge is 0.380 e. The van der Waals surface area contributed by atoms with Crippen molar-refractivity contribution in [2.24, 2.45) is 0 Å². The summed E-state index contributed by atoms with van der Waals surface area (Å²) in [6.07, 6.45) is 3.08. The predicted molar refractivity (Wildman–Crippen MR) is 63.0 cm³/mol. The summed E-state index contributed by atoms with van der Waals surface area (Å²) in [5.74, 6) is 0.575. The summed E-state index contributed by atoms with van der Waals surface area (Å²) >= 11 is 0. The van der Waals surface area contributed by atoms with E-state index in [1.54, 1.807) is 17.0 Å². The molecule has 4 nitrogen and oxygen atoms in total. The van der Waals surface area contributed by atoms with Crippen molar-refractivity contribution in [3.8, 4) is 6.07 Å². The molecule has 0 aliphatic rings. The zero-order chi connectivity index (χ0) is 12.1. The van der Waals surface area contributed by atoms with E-state index in [1.807, 2.05) is 30.3 Å². The van der Waals surface area contributed by atoms with Crippen LogP contribution in [-0.2, 0) is 6.54 Å². The molecule has 1 N–H and O–H groups in total. The average Bonchev–Trinajstić information content (AvgIpc) is 2.84.